The molecule has 0 unspecified atom stereocenters. The Morgan fingerprint density at radius 2 is 2.12 bits per heavy atom. The molecule has 24 heavy (non-hydrogen) atoms. The molecule has 2 aromatic rings. The van der Waals surface area contributed by atoms with Gasteiger partial charge in [0, 0.05) is 22.2 Å². The van der Waals surface area contributed by atoms with Gasteiger partial charge >= 0.3 is 0 Å². The predicted octanol–water partition coefficient (Wildman–Crippen LogP) is 2.84. The minimum absolute atomic E-state index is 0.104. The van der Waals surface area contributed by atoms with Gasteiger partial charge in [-0.1, -0.05) is 15.9 Å². The van der Waals surface area contributed by atoms with Crippen molar-refractivity contribution >= 4 is 33.7 Å². The van der Waals surface area contributed by atoms with Crippen LogP contribution in [0.3, 0.4) is 0 Å². The van der Waals surface area contributed by atoms with Crippen molar-refractivity contribution < 1.29 is 19.6 Å². The average Bonchev–Trinajstić information content (AvgIpc) is 2.55. The Kier molecular flexibility index (Phi) is 5.48. The first-order chi connectivity index (χ1) is 11.4. The Balaban J connectivity index is 2.16. The molecule has 9 heteroatoms. The van der Waals surface area contributed by atoms with Crippen LogP contribution < -0.4 is 10.2 Å². The number of hydrogen-bond acceptors (Lipinski definition) is 6. The second-order valence-electron chi connectivity index (χ2n) is 4.54. The molecule has 124 valence electrons. The van der Waals surface area contributed by atoms with Crippen LogP contribution in [0.1, 0.15) is 15.9 Å². The minimum Gasteiger partial charge on any atom is -0.507 e. The summed E-state index contributed by atoms with van der Waals surface area (Å²) in [5.74, 6) is -0.365. The fraction of sp³-hybridized carbons (Fsp3) is 0.0667. The third kappa shape index (κ3) is 4.07. The zero-order chi connectivity index (χ0) is 17.7. The molecule has 0 radical (unpaired) electrons. The number of nitrogens with one attached hydrogen (secondary N) is 1. The van der Waals surface area contributed by atoms with Gasteiger partial charge in [0.1, 0.15) is 11.5 Å². The number of carbonyl (C=O) groups excluding carboxylic acids is 1. The summed E-state index contributed by atoms with van der Waals surface area (Å²) in [4.78, 5) is 22.2. The van der Waals surface area contributed by atoms with Gasteiger partial charge in [0.15, 0.2) is 0 Å². The van der Waals surface area contributed by atoms with Crippen LogP contribution in [-0.2, 0) is 0 Å². The van der Waals surface area contributed by atoms with Crippen LogP contribution in [0.15, 0.2) is 46.0 Å². The third-order valence-corrected chi connectivity index (χ3v) is 3.49. The molecule has 0 aliphatic heterocycles. The molecule has 0 saturated carbocycles. The minimum atomic E-state index is -0.595. The van der Waals surface area contributed by atoms with Gasteiger partial charge < -0.3 is 9.84 Å². The van der Waals surface area contributed by atoms with Crippen LogP contribution in [0.25, 0.3) is 0 Å². The van der Waals surface area contributed by atoms with E-state index in [0.717, 1.165) is 22.8 Å². The summed E-state index contributed by atoms with van der Waals surface area (Å²) in [7, 11) is 1.43. The van der Waals surface area contributed by atoms with Crippen LogP contribution in [0.2, 0.25) is 0 Å². The van der Waals surface area contributed by atoms with E-state index in [1.165, 1.54) is 13.2 Å². The van der Waals surface area contributed by atoms with Crippen molar-refractivity contribution in [1.29, 1.82) is 0 Å². The van der Waals surface area contributed by atoms with Gasteiger partial charge in [0.2, 0.25) is 0 Å². The number of hydrogen-bond donors (Lipinski definition) is 2. The quantitative estimate of drug-likeness (QED) is 0.460. The number of nitro groups is 1. The number of ether oxygens (including phenoxy) is 1. The molecule has 0 bridgehead atoms. The first-order valence-electron chi connectivity index (χ1n) is 6.56. The fourth-order valence-electron chi connectivity index (χ4n) is 1.83. The molecule has 0 heterocycles. The lowest BCUT2D eigenvalue weighted by Gasteiger charge is -2.07. The fourth-order valence-corrected chi connectivity index (χ4v) is 2.17. The number of non-ortho nitro benzene ring substituents is 1. The lowest BCUT2D eigenvalue weighted by molar-refractivity contribution is -0.384. The second kappa shape index (κ2) is 7.55. The van der Waals surface area contributed by atoms with E-state index in [1.54, 1.807) is 18.2 Å². The highest BCUT2D eigenvalue weighted by Crippen LogP contribution is 2.23. The highest BCUT2D eigenvalue weighted by molar-refractivity contribution is 9.10. The van der Waals surface area contributed by atoms with Gasteiger partial charge in [-0.05, 0) is 24.3 Å². The van der Waals surface area contributed by atoms with Crippen molar-refractivity contribution in [3.8, 4) is 11.5 Å². The highest BCUT2D eigenvalue weighted by Gasteiger charge is 2.12. The summed E-state index contributed by atoms with van der Waals surface area (Å²) < 4.78 is 5.87. The molecule has 0 spiro atoms. The molecular formula is C15H12BrN3O5. The largest absolute Gasteiger partial charge is 0.507 e. The number of aromatic hydroxyl groups is 1. The smallest absolute Gasteiger partial charge is 0.275 e. The maximum absolute atomic E-state index is 12.1. The van der Waals surface area contributed by atoms with E-state index in [1.807, 2.05) is 0 Å². The number of nitro benzene ring substituents is 1. The monoisotopic (exact) mass is 393 g/mol. The molecule has 2 rings (SSSR count). The van der Waals surface area contributed by atoms with Crippen molar-refractivity contribution in [3.63, 3.8) is 0 Å². The maximum atomic E-state index is 12.1. The molecule has 0 atom stereocenters. The van der Waals surface area contributed by atoms with Gasteiger partial charge in [-0.15, -0.1) is 0 Å². The Morgan fingerprint density at radius 3 is 2.79 bits per heavy atom. The van der Waals surface area contributed by atoms with Crippen LogP contribution in [0.5, 0.6) is 11.5 Å². The number of nitrogens with zero attached hydrogens (tertiary/aromatic N) is 2. The summed E-state index contributed by atoms with van der Waals surface area (Å²) in [5.41, 5.74) is 2.44. The van der Waals surface area contributed by atoms with Crippen LogP contribution >= 0.6 is 15.9 Å². The number of rotatable bonds is 5. The summed E-state index contributed by atoms with van der Waals surface area (Å²) in [6, 6.07) is 8.35. The van der Waals surface area contributed by atoms with E-state index in [-0.39, 0.29) is 22.6 Å². The second-order valence-corrected chi connectivity index (χ2v) is 5.46. The number of phenolic OH excluding ortho intramolecular Hbond substituents is 1. The van der Waals surface area contributed by atoms with E-state index < -0.39 is 10.8 Å². The number of benzene rings is 2. The summed E-state index contributed by atoms with van der Waals surface area (Å²) >= 11 is 3.27. The molecule has 0 fully saturated rings. The Labute approximate surface area is 145 Å². The molecule has 0 aliphatic carbocycles. The number of phenols is 1. The van der Waals surface area contributed by atoms with Crippen molar-refractivity contribution in [2.75, 3.05) is 7.11 Å². The number of amides is 1. The molecule has 2 N–H and O–H groups in total. The first-order valence-corrected chi connectivity index (χ1v) is 7.36. The van der Waals surface area contributed by atoms with Gasteiger partial charge in [-0.25, -0.2) is 5.43 Å². The van der Waals surface area contributed by atoms with E-state index in [2.05, 4.69) is 26.5 Å². The number of carbonyl (C=O) groups is 1. The molecule has 1 amide bonds. The van der Waals surface area contributed by atoms with Crippen LogP contribution in [0.4, 0.5) is 5.69 Å². The van der Waals surface area contributed by atoms with Gasteiger partial charge in [-0.3, -0.25) is 14.9 Å². The Bertz CT molecular complexity index is 823. The van der Waals surface area contributed by atoms with Crippen molar-refractivity contribution in [2.45, 2.75) is 0 Å². The molecule has 2 aromatic carbocycles. The zero-order valence-corrected chi connectivity index (χ0v) is 14.0. The normalized spacial score (nSPS) is 10.6. The van der Waals surface area contributed by atoms with Crippen molar-refractivity contribution in [3.05, 3.63) is 62.1 Å². The topological polar surface area (TPSA) is 114 Å². The number of halogens is 1. The van der Waals surface area contributed by atoms with E-state index in [9.17, 15) is 20.0 Å². The third-order valence-electron chi connectivity index (χ3n) is 3.00. The summed E-state index contributed by atoms with van der Waals surface area (Å²) in [5, 5.41) is 24.1. The van der Waals surface area contributed by atoms with Crippen molar-refractivity contribution in [1.82, 2.24) is 5.43 Å². The SMILES string of the molecule is COc1cc(Br)ccc1C(=O)NN=Cc1cc([N+](=O)[O-])ccc1O. The lowest BCUT2D eigenvalue weighted by Crippen LogP contribution is -2.18. The molecule has 0 aromatic heterocycles. The van der Waals surface area contributed by atoms with E-state index in [0.29, 0.717) is 5.75 Å². The predicted molar refractivity (Wildman–Crippen MR) is 90.5 cm³/mol. The number of hydrazone groups is 1. The Morgan fingerprint density at radius 1 is 1.38 bits per heavy atom. The molecular weight excluding hydrogens is 382 g/mol. The first kappa shape index (κ1) is 17.4. The van der Waals surface area contributed by atoms with E-state index in [4.69, 9.17) is 4.74 Å². The van der Waals surface area contributed by atoms with Gasteiger partial charge in [0.05, 0.1) is 23.8 Å². The zero-order valence-electron chi connectivity index (χ0n) is 12.4. The lowest BCUT2D eigenvalue weighted by atomic mass is 10.2. The summed E-state index contributed by atoms with van der Waals surface area (Å²) in [6.45, 7) is 0. The van der Waals surface area contributed by atoms with Crippen LogP contribution in [-0.4, -0.2) is 29.3 Å². The molecule has 8 nitrogen and oxygen atoms in total. The van der Waals surface area contributed by atoms with Crippen LogP contribution in [0, 0.1) is 10.1 Å². The highest BCUT2D eigenvalue weighted by atomic mass is 79.9. The molecule has 0 saturated heterocycles. The van der Waals surface area contributed by atoms with Gasteiger partial charge in [0.25, 0.3) is 11.6 Å². The average molecular weight is 394 g/mol. The Hall–Kier alpha value is -2.94. The summed E-state index contributed by atoms with van der Waals surface area (Å²) in [6.07, 6.45) is 1.12. The van der Waals surface area contributed by atoms with Crippen molar-refractivity contribution in [2.24, 2.45) is 5.10 Å². The maximum Gasteiger partial charge on any atom is 0.275 e. The van der Waals surface area contributed by atoms with E-state index >= 15 is 0 Å². The standard InChI is InChI=1S/C15H12BrN3O5/c1-24-14-7-10(16)2-4-12(14)15(21)18-17-8-9-6-11(19(22)23)3-5-13(9)20/h2-8,20H,1H3,(H,18,21). The molecule has 0 aliphatic rings. The van der Waals surface area contributed by atoms with Gasteiger partial charge in [-0.2, -0.15) is 5.10 Å². The number of methoxy groups -OCH3 is 1.